The molecular weight excluding hydrogens is 590 g/mol. The maximum absolute atomic E-state index is 16.1. The quantitative estimate of drug-likeness (QED) is 0.218. The van der Waals surface area contributed by atoms with Crippen LogP contribution in [0.1, 0.15) is 60.8 Å². The molecule has 222 valence electrons. The summed E-state index contributed by atoms with van der Waals surface area (Å²) in [5, 5.41) is 13.1. The fraction of sp³-hybridized carbons (Fsp3) is 0.303. The van der Waals surface area contributed by atoms with Gasteiger partial charge in [-0.25, -0.2) is 14.2 Å². The Labute approximate surface area is 258 Å². The number of aromatic carboxylic acids is 1. The molecule has 3 heterocycles. The van der Waals surface area contributed by atoms with Gasteiger partial charge in [0, 0.05) is 41.7 Å². The zero-order chi connectivity index (χ0) is 30.6. The molecule has 43 heavy (non-hydrogen) atoms. The highest BCUT2D eigenvalue weighted by molar-refractivity contribution is 6.31. The molecule has 2 aliphatic heterocycles. The molecule has 0 radical (unpaired) electrons. The van der Waals surface area contributed by atoms with Gasteiger partial charge in [-0.2, -0.15) is 0 Å². The fourth-order valence-electron chi connectivity index (χ4n) is 6.94. The molecule has 2 aliphatic rings. The highest BCUT2D eigenvalue weighted by Gasteiger charge is 2.63. The molecule has 3 aromatic carbocycles. The van der Waals surface area contributed by atoms with Crippen molar-refractivity contribution in [2.45, 2.75) is 57.2 Å². The molecule has 1 aromatic heterocycles. The van der Waals surface area contributed by atoms with Gasteiger partial charge in [-0.3, -0.25) is 9.69 Å². The molecule has 1 amide bonds. The number of anilines is 1. The average molecular weight is 622 g/mol. The topological polar surface area (TPSA) is 87.5 Å². The number of nitrogens with one attached hydrogen (secondary N) is 1. The number of carbonyl (C=O) groups is 2. The Kier molecular flexibility index (Phi) is 7.57. The minimum Gasteiger partial charge on any atom is -0.478 e. The van der Waals surface area contributed by atoms with E-state index in [1.165, 1.54) is 6.07 Å². The maximum Gasteiger partial charge on any atom is 0.335 e. The Hall–Kier alpha value is -3.72. The monoisotopic (exact) mass is 620 g/mol. The Morgan fingerprint density at radius 3 is 2.63 bits per heavy atom. The molecule has 6 rings (SSSR count). The molecule has 0 unspecified atom stereocenters. The van der Waals surface area contributed by atoms with E-state index in [4.69, 9.17) is 28.2 Å². The fourth-order valence-corrected chi connectivity index (χ4v) is 7.31. The summed E-state index contributed by atoms with van der Waals surface area (Å²) < 4.78 is 18.1. The van der Waals surface area contributed by atoms with Crippen molar-refractivity contribution in [2.75, 3.05) is 11.9 Å². The number of imidazole rings is 1. The molecule has 4 atom stereocenters. The number of fused-ring (bicyclic) bond motifs is 5. The number of carboxylic acid groups (broad SMARTS) is 1. The lowest BCUT2D eigenvalue weighted by atomic mass is 9.73. The van der Waals surface area contributed by atoms with Crippen LogP contribution in [0.2, 0.25) is 10.0 Å². The lowest BCUT2D eigenvalue weighted by molar-refractivity contribution is -0.126. The van der Waals surface area contributed by atoms with Crippen LogP contribution in [0.3, 0.4) is 0 Å². The number of carbonyl (C=O) groups excluding carboxylic acids is 1. The number of allylic oxidation sites excluding steroid dienone is 1. The van der Waals surface area contributed by atoms with Crippen LogP contribution < -0.4 is 5.32 Å². The number of likely N-dealkylation sites (tertiary alicyclic amines) is 1. The van der Waals surface area contributed by atoms with Gasteiger partial charge in [-0.15, -0.1) is 0 Å². The molecule has 0 aliphatic carbocycles. The summed E-state index contributed by atoms with van der Waals surface area (Å²) in [6, 6.07) is 16.6. The second-order valence-corrected chi connectivity index (χ2v) is 12.5. The van der Waals surface area contributed by atoms with Gasteiger partial charge in [-0.05, 0) is 75.2 Å². The molecule has 4 aromatic rings. The maximum atomic E-state index is 16.1. The summed E-state index contributed by atoms with van der Waals surface area (Å²) in [5.74, 6) is -2.30. The molecule has 1 saturated heterocycles. The van der Waals surface area contributed by atoms with Gasteiger partial charge in [0.1, 0.15) is 17.2 Å². The van der Waals surface area contributed by atoms with E-state index in [0.29, 0.717) is 47.1 Å². The number of halogens is 3. The molecule has 2 N–H and O–H groups in total. The molecule has 1 fully saturated rings. The molecule has 0 spiro atoms. The predicted octanol–water partition coefficient (Wildman–Crippen LogP) is 7.50. The van der Waals surface area contributed by atoms with E-state index in [2.05, 4.69) is 20.9 Å². The van der Waals surface area contributed by atoms with Gasteiger partial charge in [0.05, 0.1) is 21.6 Å². The first-order valence-electron chi connectivity index (χ1n) is 14.1. The summed E-state index contributed by atoms with van der Waals surface area (Å²) in [6.45, 7) is 6.95. The first kappa shape index (κ1) is 29.4. The summed E-state index contributed by atoms with van der Waals surface area (Å²) in [4.78, 5) is 33.4. The van der Waals surface area contributed by atoms with Crippen molar-refractivity contribution in [3.05, 3.63) is 105 Å². The van der Waals surface area contributed by atoms with Crippen molar-refractivity contribution in [1.29, 1.82) is 0 Å². The van der Waals surface area contributed by atoms with E-state index in [0.717, 1.165) is 11.1 Å². The second-order valence-electron chi connectivity index (χ2n) is 11.7. The van der Waals surface area contributed by atoms with E-state index in [9.17, 15) is 14.7 Å². The van der Waals surface area contributed by atoms with Gasteiger partial charge >= 0.3 is 5.97 Å². The van der Waals surface area contributed by atoms with Crippen LogP contribution in [0.5, 0.6) is 0 Å². The van der Waals surface area contributed by atoms with Crippen molar-refractivity contribution in [3.63, 3.8) is 0 Å². The molecule has 7 nitrogen and oxygen atoms in total. The van der Waals surface area contributed by atoms with Crippen LogP contribution in [0.25, 0.3) is 11.0 Å². The van der Waals surface area contributed by atoms with Crippen LogP contribution in [0.15, 0.2) is 72.3 Å². The summed E-state index contributed by atoms with van der Waals surface area (Å²) >= 11 is 12.6. The number of amides is 1. The van der Waals surface area contributed by atoms with Gasteiger partial charge in [-0.1, -0.05) is 53.1 Å². The Morgan fingerprint density at radius 1 is 1.14 bits per heavy atom. The van der Waals surface area contributed by atoms with Gasteiger partial charge in [0.2, 0.25) is 5.91 Å². The smallest absolute Gasteiger partial charge is 0.335 e. The molecule has 10 heteroatoms. The average Bonchev–Trinajstić information content (AvgIpc) is 3.46. The SMILES string of the molecule is CC(C)=CCN1[C@H]2CCn3c(nc4cc(C(=O)O)ccc43)[C@H]2[C@H](c2cccc(Cl)c2F)[C@]1(C)C(=O)Nc1cccc(Cl)c1. The van der Waals surface area contributed by atoms with Crippen molar-refractivity contribution in [2.24, 2.45) is 0 Å². The largest absolute Gasteiger partial charge is 0.478 e. The van der Waals surface area contributed by atoms with Gasteiger partial charge in [0.25, 0.3) is 0 Å². The first-order valence-corrected chi connectivity index (χ1v) is 14.9. The number of benzene rings is 3. The van der Waals surface area contributed by atoms with Crippen molar-refractivity contribution >= 4 is 51.8 Å². The minimum absolute atomic E-state index is 0.0233. The van der Waals surface area contributed by atoms with Crippen molar-refractivity contribution in [1.82, 2.24) is 14.5 Å². The third-order valence-electron chi connectivity index (χ3n) is 8.90. The third-order valence-corrected chi connectivity index (χ3v) is 9.43. The van der Waals surface area contributed by atoms with Crippen LogP contribution >= 0.6 is 23.2 Å². The Morgan fingerprint density at radius 2 is 1.91 bits per heavy atom. The highest BCUT2D eigenvalue weighted by atomic mass is 35.5. The lowest BCUT2D eigenvalue weighted by Crippen LogP contribution is -2.55. The lowest BCUT2D eigenvalue weighted by Gasteiger charge is -2.39. The first-order chi connectivity index (χ1) is 20.5. The second kappa shape index (κ2) is 11.1. The van der Waals surface area contributed by atoms with E-state index < -0.39 is 29.2 Å². The van der Waals surface area contributed by atoms with Crippen molar-refractivity contribution < 1.29 is 19.1 Å². The van der Waals surface area contributed by atoms with Gasteiger partial charge < -0.3 is 15.0 Å². The number of aryl methyl sites for hydroxylation is 1. The number of hydrogen-bond donors (Lipinski definition) is 2. The standard InChI is InChI=1S/C33H31Cl2FN4O3/c1-18(2)12-15-40-26-13-14-39-25-11-10-19(31(41)42)16-24(25)38-30(39)27(26)28(22-8-5-9-23(35)29(22)36)33(40,3)32(43)37-21-7-4-6-20(34)17-21/h4-12,16-17,26-28H,13-15H2,1-3H3,(H,37,43)(H,41,42)/t26-,27+,28-,33+/m0/s1. The van der Waals surface area contributed by atoms with E-state index >= 15 is 4.39 Å². The summed E-state index contributed by atoms with van der Waals surface area (Å²) in [5.41, 5.74) is 2.21. The van der Waals surface area contributed by atoms with E-state index in [1.54, 1.807) is 54.6 Å². The Balaban J connectivity index is 1.58. The highest BCUT2D eigenvalue weighted by Crippen LogP contribution is 2.57. The predicted molar refractivity (Wildman–Crippen MR) is 167 cm³/mol. The molecular formula is C33H31Cl2FN4O3. The Bertz CT molecular complexity index is 1800. The third kappa shape index (κ3) is 4.91. The zero-order valence-corrected chi connectivity index (χ0v) is 25.5. The van der Waals surface area contributed by atoms with Crippen LogP contribution in [0, 0.1) is 5.82 Å². The van der Waals surface area contributed by atoms with E-state index in [-0.39, 0.29) is 22.5 Å². The number of carboxylic acids is 1. The van der Waals surface area contributed by atoms with E-state index in [1.807, 2.05) is 20.8 Å². The summed E-state index contributed by atoms with van der Waals surface area (Å²) in [6.07, 6.45) is 2.76. The van der Waals surface area contributed by atoms with Crippen LogP contribution in [-0.2, 0) is 11.3 Å². The van der Waals surface area contributed by atoms with Gasteiger partial charge in [0.15, 0.2) is 0 Å². The zero-order valence-electron chi connectivity index (χ0n) is 23.9. The van der Waals surface area contributed by atoms with Crippen LogP contribution in [-0.4, -0.2) is 49.6 Å². The number of rotatable bonds is 6. The molecule has 0 bridgehead atoms. The molecule has 0 saturated carbocycles. The minimum atomic E-state index is -1.24. The summed E-state index contributed by atoms with van der Waals surface area (Å²) in [7, 11) is 0. The van der Waals surface area contributed by atoms with Crippen molar-refractivity contribution in [3.8, 4) is 0 Å². The normalized spacial score (nSPS) is 23.1. The number of aromatic nitrogens is 2. The van der Waals surface area contributed by atoms with Crippen LogP contribution in [0.4, 0.5) is 10.1 Å². The number of hydrogen-bond acceptors (Lipinski definition) is 4. The number of nitrogens with zero attached hydrogens (tertiary/aromatic N) is 3.